The van der Waals surface area contributed by atoms with Gasteiger partial charge in [-0.05, 0) is 41.4 Å². The van der Waals surface area contributed by atoms with Crippen molar-refractivity contribution >= 4 is 32.8 Å². The molecule has 0 radical (unpaired) electrons. The number of esters is 1. The lowest BCUT2D eigenvalue weighted by atomic mass is 10.1. The third-order valence-electron chi connectivity index (χ3n) is 2.82. The summed E-state index contributed by atoms with van der Waals surface area (Å²) in [5.41, 5.74) is 1.21. The van der Waals surface area contributed by atoms with E-state index in [0.29, 0.717) is 16.6 Å². The highest BCUT2D eigenvalue weighted by atomic mass is 79.9. The molecule has 0 N–H and O–H groups in total. The Morgan fingerprint density at radius 2 is 2.15 bits per heavy atom. The quantitative estimate of drug-likeness (QED) is 0.800. The van der Waals surface area contributed by atoms with Crippen molar-refractivity contribution in [2.24, 2.45) is 0 Å². The summed E-state index contributed by atoms with van der Waals surface area (Å²) >= 11 is 3.16. The average Bonchev–Trinajstić information content (AvgIpc) is 2.43. The second-order valence-corrected chi connectivity index (χ2v) is 5.00. The highest BCUT2D eigenvalue weighted by Crippen LogP contribution is 2.34. The van der Waals surface area contributed by atoms with Crippen LogP contribution in [0.2, 0.25) is 0 Å². The molecule has 6 heteroatoms. The van der Waals surface area contributed by atoms with Gasteiger partial charge in [0.25, 0.3) is 0 Å². The Morgan fingerprint density at radius 1 is 1.45 bits per heavy atom. The summed E-state index contributed by atoms with van der Waals surface area (Å²) in [6.45, 7) is 3.92. The molecule has 0 saturated carbocycles. The molecule has 0 aliphatic heterocycles. The maximum Gasteiger partial charge on any atom is 0.356 e. The highest BCUT2D eigenvalue weighted by molar-refractivity contribution is 9.10. The monoisotopic (exact) mass is 341 g/mol. The Balaban J connectivity index is 2.85. The molecule has 2 aromatic rings. The van der Waals surface area contributed by atoms with Crippen LogP contribution in [0.5, 0.6) is 5.75 Å². The molecule has 0 unspecified atom stereocenters. The molecule has 0 saturated heterocycles. The van der Waals surface area contributed by atoms with Gasteiger partial charge in [-0.2, -0.15) is 0 Å². The van der Waals surface area contributed by atoms with Crippen LogP contribution >= 0.6 is 15.9 Å². The van der Waals surface area contributed by atoms with Crippen molar-refractivity contribution in [3.05, 3.63) is 33.7 Å². The Labute approximate surface area is 124 Å². The van der Waals surface area contributed by atoms with Gasteiger partial charge >= 0.3 is 5.97 Å². The van der Waals surface area contributed by atoms with Gasteiger partial charge in [0.1, 0.15) is 5.75 Å². The SMILES string of the molecule is CCOc1cc(C(=O)OC)nc2c(C)cc(Br)c(F)c12. The predicted molar refractivity (Wildman–Crippen MR) is 76.6 cm³/mol. The summed E-state index contributed by atoms with van der Waals surface area (Å²) in [7, 11) is 1.27. The number of aryl methyl sites for hydroxylation is 1. The van der Waals surface area contributed by atoms with E-state index in [2.05, 4.69) is 25.7 Å². The first kappa shape index (κ1) is 14.7. The van der Waals surface area contributed by atoms with Crippen molar-refractivity contribution in [1.82, 2.24) is 4.98 Å². The number of rotatable bonds is 3. The topological polar surface area (TPSA) is 48.4 Å². The van der Waals surface area contributed by atoms with Crippen LogP contribution in [-0.2, 0) is 4.74 Å². The number of hydrogen-bond acceptors (Lipinski definition) is 4. The second-order valence-electron chi connectivity index (χ2n) is 4.14. The molecule has 0 fully saturated rings. The van der Waals surface area contributed by atoms with E-state index >= 15 is 0 Å². The second kappa shape index (κ2) is 5.75. The van der Waals surface area contributed by atoms with Crippen molar-refractivity contribution in [1.29, 1.82) is 0 Å². The molecule has 0 aliphatic rings. The third kappa shape index (κ3) is 2.47. The fourth-order valence-electron chi connectivity index (χ4n) is 1.94. The molecule has 0 atom stereocenters. The predicted octanol–water partition coefficient (Wildman–Crippen LogP) is 3.63. The highest BCUT2D eigenvalue weighted by Gasteiger charge is 2.19. The number of nitrogens with zero attached hydrogens (tertiary/aromatic N) is 1. The van der Waals surface area contributed by atoms with E-state index in [-0.39, 0.29) is 16.8 Å². The van der Waals surface area contributed by atoms with Crippen LogP contribution < -0.4 is 4.74 Å². The van der Waals surface area contributed by atoms with E-state index in [1.165, 1.54) is 13.2 Å². The molecule has 106 valence electrons. The molecule has 20 heavy (non-hydrogen) atoms. The summed E-state index contributed by atoms with van der Waals surface area (Å²) in [5, 5.41) is 0.256. The van der Waals surface area contributed by atoms with Gasteiger partial charge in [-0.25, -0.2) is 14.2 Å². The van der Waals surface area contributed by atoms with Crippen LogP contribution in [0.4, 0.5) is 4.39 Å². The number of fused-ring (bicyclic) bond motifs is 1. The molecular formula is C14H13BrFNO3. The number of methoxy groups -OCH3 is 1. The number of hydrogen-bond donors (Lipinski definition) is 0. The number of aromatic nitrogens is 1. The minimum atomic E-state index is -0.587. The normalized spacial score (nSPS) is 10.7. The number of carbonyl (C=O) groups excluding carboxylic acids is 1. The maximum atomic E-state index is 14.3. The fraction of sp³-hybridized carbons (Fsp3) is 0.286. The standard InChI is InChI=1S/C14H13BrFNO3/c1-4-20-10-6-9(14(18)19-3)17-13-7(2)5-8(15)12(16)11(10)13/h5-6H,4H2,1-3H3. The molecule has 1 aromatic carbocycles. The smallest absolute Gasteiger partial charge is 0.356 e. The molecule has 0 aliphatic carbocycles. The van der Waals surface area contributed by atoms with E-state index in [4.69, 9.17) is 4.74 Å². The van der Waals surface area contributed by atoms with Crippen LogP contribution in [-0.4, -0.2) is 24.7 Å². The van der Waals surface area contributed by atoms with E-state index in [9.17, 15) is 9.18 Å². The summed E-state index contributed by atoms with van der Waals surface area (Å²) in [6, 6.07) is 3.01. The molecule has 2 rings (SSSR count). The number of carbonyl (C=O) groups is 1. The molecule has 4 nitrogen and oxygen atoms in total. The van der Waals surface area contributed by atoms with E-state index in [1.807, 2.05) is 0 Å². The zero-order valence-corrected chi connectivity index (χ0v) is 12.9. The van der Waals surface area contributed by atoms with Crippen LogP contribution in [0.25, 0.3) is 10.9 Å². The minimum absolute atomic E-state index is 0.0910. The Hall–Kier alpha value is -1.69. The van der Waals surface area contributed by atoms with E-state index in [1.54, 1.807) is 19.9 Å². The van der Waals surface area contributed by atoms with Crippen LogP contribution in [0.3, 0.4) is 0 Å². The van der Waals surface area contributed by atoms with Gasteiger partial charge < -0.3 is 9.47 Å². The summed E-state index contributed by atoms with van der Waals surface area (Å²) in [5.74, 6) is -0.770. The number of ether oxygens (including phenoxy) is 2. The Kier molecular flexibility index (Phi) is 4.23. The minimum Gasteiger partial charge on any atom is -0.493 e. The lowest BCUT2D eigenvalue weighted by molar-refractivity contribution is 0.0594. The van der Waals surface area contributed by atoms with Gasteiger partial charge in [0, 0.05) is 6.07 Å². The fourth-order valence-corrected chi connectivity index (χ4v) is 2.48. The van der Waals surface area contributed by atoms with Gasteiger partial charge in [0.2, 0.25) is 0 Å². The lowest BCUT2D eigenvalue weighted by Gasteiger charge is -2.12. The van der Waals surface area contributed by atoms with Crippen molar-refractivity contribution in [3.8, 4) is 5.75 Å². The number of benzene rings is 1. The first-order valence-electron chi connectivity index (χ1n) is 6.00. The van der Waals surface area contributed by atoms with Crippen LogP contribution in [0, 0.1) is 12.7 Å². The summed E-state index contributed by atoms with van der Waals surface area (Å²) < 4.78 is 24.7. The summed E-state index contributed by atoms with van der Waals surface area (Å²) in [4.78, 5) is 15.8. The third-order valence-corrected chi connectivity index (χ3v) is 3.40. The molecule has 1 heterocycles. The largest absolute Gasteiger partial charge is 0.493 e. The molecule has 0 bridgehead atoms. The zero-order chi connectivity index (χ0) is 14.9. The van der Waals surface area contributed by atoms with Crippen molar-refractivity contribution < 1.29 is 18.7 Å². The van der Waals surface area contributed by atoms with Crippen molar-refractivity contribution in [2.45, 2.75) is 13.8 Å². The maximum absolute atomic E-state index is 14.3. The van der Waals surface area contributed by atoms with Crippen LogP contribution in [0.15, 0.2) is 16.6 Å². The summed E-state index contributed by atoms with van der Waals surface area (Å²) in [6.07, 6.45) is 0. The van der Waals surface area contributed by atoms with Gasteiger partial charge in [-0.3, -0.25) is 0 Å². The zero-order valence-electron chi connectivity index (χ0n) is 11.3. The first-order valence-corrected chi connectivity index (χ1v) is 6.79. The molecular weight excluding hydrogens is 329 g/mol. The average molecular weight is 342 g/mol. The Bertz CT molecular complexity index is 688. The first-order chi connectivity index (χ1) is 9.49. The van der Waals surface area contributed by atoms with E-state index < -0.39 is 11.8 Å². The van der Waals surface area contributed by atoms with Gasteiger partial charge in [-0.15, -0.1) is 0 Å². The van der Waals surface area contributed by atoms with Crippen molar-refractivity contribution in [2.75, 3.05) is 13.7 Å². The van der Waals surface area contributed by atoms with Crippen LogP contribution in [0.1, 0.15) is 23.0 Å². The molecule has 0 amide bonds. The Morgan fingerprint density at radius 3 is 2.75 bits per heavy atom. The van der Waals surface area contributed by atoms with Crippen molar-refractivity contribution in [3.63, 3.8) is 0 Å². The van der Waals surface area contributed by atoms with Gasteiger partial charge in [0.05, 0.1) is 29.1 Å². The molecule has 1 aromatic heterocycles. The van der Waals surface area contributed by atoms with E-state index in [0.717, 1.165) is 5.56 Å². The lowest BCUT2D eigenvalue weighted by Crippen LogP contribution is -2.07. The van der Waals surface area contributed by atoms with Gasteiger partial charge in [0.15, 0.2) is 11.5 Å². The molecule has 0 spiro atoms. The van der Waals surface area contributed by atoms with Gasteiger partial charge in [-0.1, -0.05) is 0 Å². The number of halogens is 2. The number of pyridine rings is 1.